The molecule has 2 rings (SSSR count). The van der Waals surface area contributed by atoms with Gasteiger partial charge in [-0.25, -0.2) is 0 Å². The van der Waals surface area contributed by atoms with E-state index in [1.807, 2.05) is 18.3 Å². The first-order valence-electron chi connectivity index (χ1n) is 6.00. The number of aromatic nitrogens is 1. The largest absolute Gasteiger partial charge is 0.361 e. The van der Waals surface area contributed by atoms with Crippen LogP contribution in [0, 0.1) is 6.92 Å². The zero-order valence-corrected chi connectivity index (χ0v) is 13.1. The van der Waals surface area contributed by atoms with E-state index in [2.05, 4.69) is 55.1 Å². The van der Waals surface area contributed by atoms with Crippen molar-refractivity contribution in [1.29, 1.82) is 0 Å². The average molecular weight is 268 g/mol. The minimum absolute atomic E-state index is 1.02. The molecule has 1 aromatic heterocycles. The summed E-state index contributed by atoms with van der Waals surface area (Å²) in [5.41, 5.74) is 3.93. The first-order valence-corrected chi connectivity index (χ1v) is 7.03. The van der Waals surface area contributed by atoms with Gasteiger partial charge in [0, 0.05) is 23.6 Å². The molecule has 0 fully saturated rings. The molecule has 1 N–H and O–H groups in total. The third kappa shape index (κ3) is 4.07. The summed E-state index contributed by atoms with van der Waals surface area (Å²) in [7, 11) is 5.31. The Morgan fingerprint density at radius 3 is 2.59 bits per heavy atom. The van der Waals surface area contributed by atoms with Crippen molar-refractivity contribution in [2.45, 2.75) is 27.2 Å². The summed E-state index contributed by atoms with van der Waals surface area (Å²) < 4.78 is 2.05. The van der Waals surface area contributed by atoms with E-state index in [0.717, 1.165) is 13.0 Å². The second kappa shape index (κ2) is 7.11. The Balaban J connectivity index is 0.000000686. The van der Waals surface area contributed by atoms with Crippen LogP contribution in [0.25, 0.3) is 10.9 Å². The fraction of sp³-hybridized carbons (Fsp3) is 0.385. The Kier molecular flexibility index (Phi) is 6.12. The Labute approximate surface area is 109 Å². The van der Waals surface area contributed by atoms with Gasteiger partial charge in [-0.3, -0.25) is 4.44 Å². The van der Waals surface area contributed by atoms with Gasteiger partial charge in [-0.2, -0.15) is 0 Å². The van der Waals surface area contributed by atoms with Crippen LogP contribution < -0.4 is 0 Å². The van der Waals surface area contributed by atoms with Crippen molar-refractivity contribution in [2.75, 3.05) is 6.54 Å². The van der Waals surface area contributed by atoms with Gasteiger partial charge in [-0.15, -0.1) is 0 Å². The number of benzene rings is 1. The molecule has 0 amide bonds. The maximum absolute atomic E-state index is 3.32. The van der Waals surface area contributed by atoms with Crippen LogP contribution in [0.5, 0.6) is 0 Å². The lowest BCUT2D eigenvalue weighted by molar-refractivity contribution is 0.728. The van der Waals surface area contributed by atoms with Crippen molar-refractivity contribution in [3.63, 3.8) is 0 Å². The van der Waals surface area contributed by atoms with Gasteiger partial charge >= 0.3 is 0 Å². The summed E-state index contributed by atoms with van der Waals surface area (Å²) >= 11 is 0. The summed E-state index contributed by atoms with van der Waals surface area (Å²) in [5, 5.41) is 1.34. The van der Waals surface area contributed by atoms with Crippen molar-refractivity contribution < 1.29 is 0 Å². The van der Waals surface area contributed by atoms with E-state index in [1.165, 1.54) is 22.0 Å². The Hall–Kier alpha value is -0.420. The lowest BCUT2D eigenvalue weighted by Gasteiger charge is -2.07. The summed E-state index contributed by atoms with van der Waals surface area (Å²) in [6.07, 6.45) is 3.18. The topological polar surface area (TPSA) is 19.0 Å². The van der Waals surface area contributed by atoms with Gasteiger partial charge in [-0.05, 0) is 30.5 Å². The molecule has 0 bridgehead atoms. The molecule has 4 heteroatoms. The van der Waals surface area contributed by atoms with Crippen LogP contribution in [-0.2, 0) is 6.42 Å². The van der Waals surface area contributed by atoms with Crippen LogP contribution in [0.4, 0.5) is 0 Å². The highest BCUT2D eigenvalue weighted by molar-refractivity contribution is 7.30. The Morgan fingerprint density at radius 2 is 1.94 bits per heavy atom. The summed E-state index contributed by atoms with van der Waals surface area (Å²) in [6.45, 7) is 7.14. The number of nitrogens with one attached hydrogen (secondary N) is 1. The van der Waals surface area contributed by atoms with Gasteiger partial charge in [-0.1, -0.05) is 44.8 Å². The highest BCUT2D eigenvalue weighted by Gasteiger charge is 2.03. The zero-order chi connectivity index (χ0) is 12.8. The van der Waals surface area contributed by atoms with E-state index in [4.69, 9.17) is 0 Å². The highest BCUT2D eigenvalue weighted by atomic mass is 31.1. The van der Waals surface area contributed by atoms with E-state index in [-0.39, 0.29) is 0 Å². The molecule has 94 valence electrons. The minimum atomic E-state index is 1.02. The van der Waals surface area contributed by atoms with E-state index in [9.17, 15) is 0 Å². The number of aromatic amines is 1. The smallest absolute Gasteiger partial charge is 0.0459 e. The fourth-order valence-electron chi connectivity index (χ4n) is 1.76. The third-order valence-corrected chi connectivity index (χ3v) is 3.08. The molecule has 2 unspecified atom stereocenters. The molecule has 0 saturated carbocycles. The van der Waals surface area contributed by atoms with Crippen molar-refractivity contribution in [3.05, 3.63) is 35.5 Å². The lowest BCUT2D eigenvalue weighted by Crippen LogP contribution is -2.01. The van der Waals surface area contributed by atoms with Crippen molar-refractivity contribution in [3.8, 4) is 0 Å². The molecular weight excluding hydrogens is 246 g/mol. The van der Waals surface area contributed by atoms with E-state index in [1.54, 1.807) is 0 Å². The maximum Gasteiger partial charge on any atom is 0.0459 e. The zero-order valence-electron chi connectivity index (χ0n) is 10.8. The van der Waals surface area contributed by atoms with Crippen LogP contribution in [-0.4, -0.2) is 16.0 Å². The van der Waals surface area contributed by atoms with E-state index < -0.39 is 0 Å². The highest BCUT2D eigenvalue weighted by Crippen LogP contribution is 2.20. The van der Waals surface area contributed by atoms with Gasteiger partial charge in [0.2, 0.25) is 0 Å². The number of rotatable bonds is 3. The second-order valence-corrected chi connectivity index (χ2v) is 5.77. The summed E-state index contributed by atoms with van der Waals surface area (Å²) in [5.74, 6) is 0. The fourth-order valence-corrected chi connectivity index (χ4v) is 2.01. The summed E-state index contributed by atoms with van der Waals surface area (Å²) in [6, 6.07) is 6.56. The monoisotopic (exact) mass is 268 g/mol. The maximum atomic E-state index is 3.32. The van der Waals surface area contributed by atoms with Gasteiger partial charge in [0.15, 0.2) is 0 Å². The first kappa shape index (κ1) is 14.6. The Morgan fingerprint density at radius 1 is 1.24 bits per heavy atom. The number of hydrogen-bond donors (Lipinski definition) is 1. The molecule has 2 nitrogen and oxygen atoms in total. The van der Waals surface area contributed by atoms with Crippen molar-refractivity contribution in [1.82, 2.24) is 9.42 Å². The van der Waals surface area contributed by atoms with Crippen molar-refractivity contribution >= 4 is 29.7 Å². The van der Waals surface area contributed by atoms with Gasteiger partial charge in [0.1, 0.15) is 0 Å². The number of H-pyrrole nitrogens is 1. The van der Waals surface area contributed by atoms with E-state index >= 15 is 0 Å². The van der Waals surface area contributed by atoms with Gasteiger partial charge in [0.05, 0.1) is 0 Å². The van der Waals surface area contributed by atoms with Crippen LogP contribution in [0.1, 0.15) is 25.0 Å². The number of nitrogens with zero attached hydrogens (tertiary/aromatic N) is 1. The molecule has 2 aromatic rings. The van der Waals surface area contributed by atoms with Gasteiger partial charge < -0.3 is 4.98 Å². The predicted molar refractivity (Wildman–Crippen MR) is 84.2 cm³/mol. The normalized spacial score (nSPS) is 10.5. The molecule has 0 aliphatic heterocycles. The van der Waals surface area contributed by atoms with Gasteiger partial charge in [0.25, 0.3) is 0 Å². The molecule has 0 radical (unpaired) electrons. The first-order chi connectivity index (χ1) is 8.16. The second-order valence-electron chi connectivity index (χ2n) is 3.85. The lowest BCUT2D eigenvalue weighted by atomic mass is 10.1. The molecule has 1 heterocycles. The number of hydrogen-bond acceptors (Lipinski definition) is 1. The average Bonchev–Trinajstić information content (AvgIpc) is 2.71. The SMILES string of the molecule is CC.Cc1ccc2c(CCN(P)P)c[nH]c2c1. The summed E-state index contributed by atoms with van der Waals surface area (Å²) in [4.78, 5) is 3.32. The van der Waals surface area contributed by atoms with Crippen LogP contribution >= 0.6 is 18.8 Å². The molecule has 0 aliphatic carbocycles. The minimum Gasteiger partial charge on any atom is -0.361 e. The van der Waals surface area contributed by atoms with E-state index in [0.29, 0.717) is 0 Å². The molecule has 0 saturated heterocycles. The number of fused-ring (bicyclic) bond motifs is 1. The molecule has 17 heavy (non-hydrogen) atoms. The molecule has 0 aliphatic rings. The molecule has 0 spiro atoms. The van der Waals surface area contributed by atoms with Crippen LogP contribution in [0.2, 0.25) is 0 Å². The third-order valence-electron chi connectivity index (χ3n) is 2.56. The van der Waals surface area contributed by atoms with Crippen LogP contribution in [0.15, 0.2) is 24.4 Å². The molecular formula is C13H22N2P2. The Bertz CT molecular complexity index is 463. The quantitative estimate of drug-likeness (QED) is 0.836. The molecule has 1 aromatic carbocycles. The standard InChI is InChI=1S/C11H16N2P2.C2H6/c1-8-2-3-10-9(4-5-13(14)15)7-12-11(10)6-8;1-2/h2-3,6-7,12H,4-5,14-15H2,1H3;1-2H3. The van der Waals surface area contributed by atoms with Crippen LogP contribution in [0.3, 0.4) is 0 Å². The predicted octanol–water partition coefficient (Wildman–Crippen LogP) is 3.93. The van der Waals surface area contributed by atoms with Crippen molar-refractivity contribution in [2.24, 2.45) is 0 Å². The molecule has 2 atom stereocenters. The number of aryl methyl sites for hydroxylation is 1.